The van der Waals surface area contributed by atoms with Gasteiger partial charge in [-0.1, -0.05) is 35.8 Å². The molecule has 2 heteroatoms. The van der Waals surface area contributed by atoms with Gasteiger partial charge < -0.3 is 0 Å². The normalized spacial score (nSPS) is 9.09. The van der Waals surface area contributed by atoms with E-state index in [-0.39, 0.29) is 0 Å². The van der Waals surface area contributed by atoms with Crippen LogP contribution in [0.5, 0.6) is 0 Å². The fraction of sp³-hybridized carbons (Fsp3) is 0. The molecule has 3 aromatic rings. The molecule has 0 bridgehead atoms. The van der Waals surface area contributed by atoms with Crippen molar-refractivity contribution in [3.05, 3.63) is 95.6 Å². The molecule has 0 fully saturated rings. The zero-order valence-electron chi connectivity index (χ0n) is 11.8. The third-order valence-electron chi connectivity index (χ3n) is 2.97. The summed E-state index contributed by atoms with van der Waals surface area (Å²) in [5.74, 6) is 12.6. The number of pyridine rings is 2. The Kier molecular flexibility index (Phi) is 4.26. The predicted molar refractivity (Wildman–Crippen MR) is 86.9 cm³/mol. The molecule has 1 aromatic carbocycles. The fourth-order valence-corrected chi connectivity index (χ4v) is 1.85. The lowest BCUT2D eigenvalue weighted by atomic mass is 10.1. The van der Waals surface area contributed by atoms with Gasteiger partial charge in [0.25, 0.3) is 0 Å². The van der Waals surface area contributed by atoms with E-state index in [9.17, 15) is 0 Å². The number of aromatic nitrogens is 2. The standard InChI is InChI=1S/C20H12N2/c1-2-4-20(8-6-18-11-15-22-16-12-18)19(3-1)7-5-17-9-13-21-14-10-17/h1-4,9-16H. The van der Waals surface area contributed by atoms with Gasteiger partial charge in [0.15, 0.2) is 0 Å². The molecule has 2 nitrogen and oxygen atoms in total. The largest absolute Gasteiger partial charge is 0.265 e. The molecule has 3 rings (SSSR count). The topological polar surface area (TPSA) is 25.8 Å². The van der Waals surface area contributed by atoms with Crippen molar-refractivity contribution < 1.29 is 0 Å². The monoisotopic (exact) mass is 280 g/mol. The van der Waals surface area contributed by atoms with Crippen LogP contribution in [0.1, 0.15) is 22.3 Å². The van der Waals surface area contributed by atoms with Gasteiger partial charge in [0.1, 0.15) is 0 Å². The van der Waals surface area contributed by atoms with Gasteiger partial charge in [0.05, 0.1) is 0 Å². The minimum absolute atomic E-state index is 0.917. The molecule has 22 heavy (non-hydrogen) atoms. The first kappa shape index (κ1) is 13.6. The van der Waals surface area contributed by atoms with Crippen LogP contribution >= 0.6 is 0 Å². The third-order valence-corrected chi connectivity index (χ3v) is 2.97. The summed E-state index contributed by atoms with van der Waals surface area (Å²) in [5, 5.41) is 0. The van der Waals surface area contributed by atoms with Gasteiger partial charge in [-0.2, -0.15) is 0 Å². The van der Waals surface area contributed by atoms with Crippen LogP contribution in [0.4, 0.5) is 0 Å². The Morgan fingerprint density at radius 2 is 0.909 bits per heavy atom. The zero-order valence-corrected chi connectivity index (χ0v) is 11.8. The molecule has 0 amide bonds. The maximum Gasteiger partial charge on any atom is 0.0405 e. The van der Waals surface area contributed by atoms with Crippen molar-refractivity contribution in [3.8, 4) is 23.7 Å². The maximum absolute atomic E-state index is 3.99. The molecule has 0 unspecified atom stereocenters. The van der Waals surface area contributed by atoms with Crippen LogP contribution in [0.15, 0.2) is 73.3 Å². The van der Waals surface area contributed by atoms with E-state index in [0.717, 1.165) is 22.3 Å². The first-order valence-corrected chi connectivity index (χ1v) is 6.85. The molecular formula is C20H12N2. The first-order chi connectivity index (χ1) is 10.9. The summed E-state index contributed by atoms with van der Waals surface area (Å²) in [4.78, 5) is 7.97. The smallest absolute Gasteiger partial charge is 0.0405 e. The number of hydrogen-bond donors (Lipinski definition) is 0. The second-order valence-electron chi connectivity index (χ2n) is 4.52. The van der Waals surface area contributed by atoms with Crippen molar-refractivity contribution in [2.24, 2.45) is 0 Å². The predicted octanol–water partition coefficient (Wildman–Crippen LogP) is 3.28. The van der Waals surface area contributed by atoms with Crippen LogP contribution in [0.25, 0.3) is 0 Å². The zero-order chi connectivity index (χ0) is 15.0. The molecule has 0 saturated carbocycles. The summed E-state index contributed by atoms with van der Waals surface area (Å²) >= 11 is 0. The molecule has 0 aliphatic rings. The summed E-state index contributed by atoms with van der Waals surface area (Å²) in [6.45, 7) is 0. The van der Waals surface area contributed by atoms with E-state index in [1.807, 2.05) is 48.5 Å². The van der Waals surface area contributed by atoms with Gasteiger partial charge in [0.2, 0.25) is 0 Å². The van der Waals surface area contributed by atoms with E-state index in [0.29, 0.717) is 0 Å². The first-order valence-electron chi connectivity index (χ1n) is 6.85. The lowest BCUT2D eigenvalue weighted by Gasteiger charge is -1.95. The van der Waals surface area contributed by atoms with Crippen LogP contribution < -0.4 is 0 Å². The van der Waals surface area contributed by atoms with E-state index < -0.39 is 0 Å². The quantitative estimate of drug-likeness (QED) is 0.591. The van der Waals surface area contributed by atoms with E-state index in [4.69, 9.17) is 0 Å². The highest BCUT2D eigenvalue weighted by Gasteiger charge is 1.95. The average Bonchev–Trinajstić information content (AvgIpc) is 2.61. The van der Waals surface area contributed by atoms with Crippen molar-refractivity contribution in [2.75, 3.05) is 0 Å². The Hall–Kier alpha value is -3.36. The second kappa shape index (κ2) is 6.88. The van der Waals surface area contributed by atoms with E-state index >= 15 is 0 Å². The molecule has 0 saturated heterocycles. The molecule has 0 spiro atoms. The SMILES string of the molecule is C(#Cc1ccccc1C#Cc1ccncc1)c1ccncc1. The van der Waals surface area contributed by atoms with Gasteiger partial charge >= 0.3 is 0 Å². The van der Waals surface area contributed by atoms with Gasteiger partial charge in [-0.25, -0.2) is 0 Å². The van der Waals surface area contributed by atoms with Gasteiger partial charge in [-0.3, -0.25) is 9.97 Å². The van der Waals surface area contributed by atoms with Crippen molar-refractivity contribution in [2.45, 2.75) is 0 Å². The Bertz CT molecular complexity index is 800. The fourth-order valence-electron chi connectivity index (χ4n) is 1.85. The highest BCUT2D eigenvalue weighted by Crippen LogP contribution is 2.07. The molecule has 0 aliphatic carbocycles. The van der Waals surface area contributed by atoms with E-state index in [1.165, 1.54) is 0 Å². The number of benzene rings is 1. The van der Waals surface area contributed by atoms with Gasteiger partial charge in [-0.05, 0) is 36.4 Å². The number of nitrogens with zero attached hydrogens (tertiary/aromatic N) is 2. The number of rotatable bonds is 0. The summed E-state index contributed by atoms with van der Waals surface area (Å²) < 4.78 is 0. The highest BCUT2D eigenvalue weighted by molar-refractivity contribution is 5.54. The van der Waals surface area contributed by atoms with E-state index in [2.05, 4.69) is 33.6 Å². The molecule has 102 valence electrons. The lowest BCUT2D eigenvalue weighted by Crippen LogP contribution is -1.84. The maximum atomic E-state index is 3.99. The Morgan fingerprint density at radius 1 is 0.500 bits per heavy atom. The molecule has 2 aromatic heterocycles. The van der Waals surface area contributed by atoms with Crippen molar-refractivity contribution in [3.63, 3.8) is 0 Å². The molecule has 0 atom stereocenters. The van der Waals surface area contributed by atoms with Crippen LogP contribution in [0.3, 0.4) is 0 Å². The molecule has 2 heterocycles. The lowest BCUT2D eigenvalue weighted by molar-refractivity contribution is 1.32. The summed E-state index contributed by atoms with van der Waals surface area (Å²) in [6.07, 6.45) is 6.94. The van der Waals surface area contributed by atoms with Gasteiger partial charge in [0, 0.05) is 47.0 Å². The van der Waals surface area contributed by atoms with Crippen LogP contribution in [0.2, 0.25) is 0 Å². The summed E-state index contributed by atoms with van der Waals surface area (Å²) in [6, 6.07) is 15.4. The average molecular weight is 280 g/mol. The highest BCUT2D eigenvalue weighted by atomic mass is 14.6. The van der Waals surface area contributed by atoms with Crippen molar-refractivity contribution in [1.29, 1.82) is 0 Å². The second-order valence-corrected chi connectivity index (χ2v) is 4.52. The third kappa shape index (κ3) is 3.60. The molecule has 0 aliphatic heterocycles. The Morgan fingerprint density at radius 3 is 1.32 bits per heavy atom. The molecular weight excluding hydrogens is 268 g/mol. The van der Waals surface area contributed by atoms with Crippen LogP contribution in [-0.4, -0.2) is 9.97 Å². The van der Waals surface area contributed by atoms with Gasteiger partial charge in [-0.15, -0.1) is 0 Å². The van der Waals surface area contributed by atoms with Crippen molar-refractivity contribution in [1.82, 2.24) is 9.97 Å². The van der Waals surface area contributed by atoms with E-state index in [1.54, 1.807) is 24.8 Å². The minimum atomic E-state index is 0.917. The van der Waals surface area contributed by atoms with Crippen LogP contribution in [0, 0.1) is 23.7 Å². The molecule has 0 N–H and O–H groups in total. The Labute approximate surface area is 129 Å². The summed E-state index contributed by atoms with van der Waals surface area (Å²) in [5.41, 5.74) is 3.71. The minimum Gasteiger partial charge on any atom is -0.265 e. The molecule has 0 radical (unpaired) electrons. The van der Waals surface area contributed by atoms with Crippen LogP contribution in [-0.2, 0) is 0 Å². The Balaban J connectivity index is 1.92. The van der Waals surface area contributed by atoms with Crippen molar-refractivity contribution >= 4 is 0 Å². The number of hydrogen-bond acceptors (Lipinski definition) is 2. The summed E-state index contributed by atoms with van der Waals surface area (Å²) in [7, 11) is 0.